The molecule has 0 bridgehead atoms. The second-order valence-electron chi connectivity index (χ2n) is 7.85. The highest BCUT2D eigenvalue weighted by molar-refractivity contribution is 9.10. The van der Waals surface area contributed by atoms with Crippen LogP contribution in [0.4, 0.5) is 0 Å². The Morgan fingerprint density at radius 2 is 1.71 bits per heavy atom. The van der Waals surface area contributed by atoms with Gasteiger partial charge in [-0.15, -0.1) is 0 Å². The number of carbonyl (C=O) groups is 1. The molecule has 0 heterocycles. The highest BCUT2D eigenvalue weighted by Crippen LogP contribution is 2.30. The zero-order valence-corrected chi connectivity index (χ0v) is 19.8. The molecule has 0 atom stereocenters. The fraction of sp³-hybridized carbons (Fsp3) is 0.269. The van der Waals surface area contributed by atoms with E-state index in [1.54, 1.807) is 7.11 Å². The van der Waals surface area contributed by atoms with E-state index in [9.17, 15) is 4.79 Å². The summed E-state index contributed by atoms with van der Waals surface area (Å²) in [5.41, 5.74) is 2.76. The molecule has 0 aliphatic heterocycles. The lowest BCUT2D eigenvalue weighted by Gasteiger charge is -2.25. The molecule has 0 aliphatic carbocycles. The minimum atomic E-state index is 0.0124. The summed E-state index contributed by atoms with van der Waals surface area (Å²) in [4.78, 5) is 15.0. The first-order chi connectivity index (χ1) is 15.0. The molecule has 0 radical (unpaired) electrons. The molecule has 3 rings (SSSR count). The van der Waals surface area contributed by atoms with Crippen molar-refractivity contribution < 1.29 is 14.3 Å². The standard InChI is InChI=1S/C26H28BrNO3/c1-19(2)16-28(26(29)22-10-7-11-23(27)15-22)17-21-12-13-24(25(14-21)30-3)31-18-20-8-5-4-6-9-20/h4-15,19H,16-18H2,1-3H3. The molecule has 0 spiro atoms. The van der Waals surface area contributed by atoms with E-state index in [0.29, 0.717) is 42.7 Å². The molecular weight excluding hydrogens is 454 g/mol. The Balaban J connectivity index is 1.76. The zero-order chi connectivity index (χ0) is 22.2. The Morgan fingerprint density at radius 1 is 0.935 bits per heavy atom. The Hall–Kier alpha value is -2.79. The number of ether oxygens (including phenoxy) is 2. The summed E-state index contributed by atoms with van der Waals surface area (Å²) < 4.78 is 12.4. The molecule has 5 heteroatoms. The van der Waals surface area contributed by atoms with Crippen molar-refractivity contribution in [3.63, 3.8) is 0 Å². The van der Waals surface area contributed by atoms with Gasteiger partial charge in [0.15, 0.2) is 11.5 Å². The predicted octanol–water partition coefficient (Wildman–Crippen LogP) is 6.34. The van der Waals surface area contributed by atoms with Gasteiger partial charge in [-0.3, -0.25) is 4.79 Å². The first kappa shape index (κ1) is 22.9. The summed E-state index contributed by atoms with van der Waals surface area (Å²) in [6.45, 7) is 5.86. The second-order valence-corrected chi connectivity index (χ2v) is 8.77. The van der Waals surface area contributed by atoms with Crippen molar-refractivity contribution in [2.45, 2.75) is 27.0 Å². The van der Waals surface area contributed by atoms with Gasteiger partial charge < -0.3 is 14.4 Å². The summed E-state index contributed by atoms with van der Waals surface area (Å²) in [7, 11) is 1.63. The number of hydrogen-bond acceptors (Lipinski definition) is 3. The smallest absolute Gasteiger partial charge is 0.254 e. The Bertz CT molecular complexity index is 1000. The Labute approximate surface area is 192 Å². The lowest BCUT2D eigenvalue weighted by atomic mass is 10.1. The molecule has 0 aromatic heterocycles. The molecule has 0 N–H and O–H groups in total. The fourth-order valence-electron chi connectivity index (χ4n) is 3.35. The van der Waals surface area contributed by atoms with E-state index in [0.717, 1.165) is 15.6 Å². The lowest BCUT2D eigenvalue weighted by Crippen LogP contribution is -2.33. The zero-order valence-electron chi connectivity index (χ0n) is 18.2. The number of amides is 1. The van der Waals surface area contributed by atoms with Crippen molar-refractivity contribution in [1.82, 2.24) is 4.90 Å². The van der Waals surface area contributed by atoms with Gasteiger partial charge in [0.05, 0.1) is 7.11 Å². The number of rotatable bonds is 9. The molecule has 3 aromatic rings. The summed E-state index contributed by atoms with van der Waals surface area (Å²) in [5.74, 6) is 1.71. The summed E-state index contributed by atoms with van der Waals surface area (Å²) in [6.07, 6.45) is 0. The molecule has 3 aromatic carbocycles. The number of methoxy groups -OCH3 is 1. The normalized spacial score (nSPS) is 10.7. The van der Waals surface area contributed by atoms with Gasteiger partial charge >= 0.3 is 0 Å². The van der Waals surface area contributed by atoms with Gasteiger partial charge in [0.25, 0.3) is 5.91 Å². The average Bonchev–Trinajstić information content (AvgIpc) is 2.77. The molecule has 0 fully saturated rings. The summed E-state index contributed by atoms with van der Waals surface area (Å²) in [5, 5.41) is 0. The van der Waals surface area contributed by atoms with Gasteiger partial charge in [-0.05, 0) is 47.4 Å². The van der Waals surface area contributed by atoms with Crippen molar-refractivity contribution in [3.05, 3.63) is 94.0 Å². The highest BCUT2D eigenvalue weighted by atomic mass is 79.9. The third-order valence-electron chi connectivity index (χ3n) is 4.78. The van der Waals surface area contributed by atoms with Crippen LogP contribution in [0.25, 0.3) is 0 Å². The number of benzene rings is 3. The Morgan fingerprint density at radius 3 is 2.39 bits per heavy atom. The third-order valence-corrected chi connectivity index (χ3v) is 5.28. The van der Waals surface area contributed by atoms with Crippen molar-refractivity contribution in [2.24, 2.45) is 5.92 Å². The SMILES string of the molecule is COc1cc(CN(CC(C)C)C(=O)c2cccc(Br)c2)ccc1OCc1ccccc1. The van der Waals surface area contributed by atoms with Crippen LogP contribution in [0.15, 0.2) is 77.3 Å². The van der Waals surface area contributed by atoms with Crippen LogP contribution >= 0.6 is 15.9 Å². The van der Waals surface area contributed by atoms with Crippen molar-refractivity contribution in [2.75, 3.05) is 13.7 Å². The van der Waals surface area contributed by atoms with Gasteiger partial charge in [0.1, 0.15) is 6.61 Å². The molecule has 162 valence electrons. The highest BCUT2D eigenvalue weighted by Gasteiger charge is 2.18. The van der Waals surface area contributed by atoms with Crippen LogP contribution in [0.3, 0.4) is 0 Å². The Kier molecular flexibility index (Phi) is 8.13. The monoisotopic (exact) mass is 481 g/mol. The molecule has 0 unspecified atom stereocenters. The minimum absolute atomic E-state index is 0.0124. The van der Waals surface area contributed by atoms with Gasteiger partial charge in [-0.2, -0.15) is 0 Å². The average molecular weight is 482 g/mol. The van der Waals surface area contributed by atoms with Gasteiger partial charge in [-0.25, -0.2) is 0 Å². The van der Waals surface area contributed by atoms with Crippen molar-refractivity contribution in [1.29, 1.82) is 0 Å². The van der Waals surface area contributed by atoms with Crippen molar-refractivity contribution in [3.8, 4) is 11.5 Å². The fourth-order valence-corrected chi connectivity index (χ4v) is 3.75. The number of carbonyl (C=O) groups excluding carboxylic acids is 1. The molecular formula is C26H28BrNO3. The number of nitrogens with zero attached hydrogens (tertiary/aromatic N) is 1. The van der Waals surface area contributed by atoms with Gasteiger partial charge in [0.2, 0.25) is 0 Å². The maximum absolute atomic E-state index is 13.2. The third kappa shape index (κ3) is 6.59. The van der Waals surface area contributed by atoms with Crippen LogP contribution in [0.2, 0.25) is 0 Å². The van der Waals surface area contributed by atoms with Crippen molar-refractivity contribution >= 4 is 21.8 Å². The van der Waals surface area contributed by atoms with E-state index in [2.05, 4.69) is 29.8 Å². The van der Waals surface area contributed by atoms with Crippen LogP contribution in [0, 0.1) is 5.92 Å². The molecule has 0 aliphatic rings. The molecule has 0 saturated heterocycles. The van der Waals surface area contributed by atoms with Crippen LogP contribution in [-0.2, 0) is 13.2 Å². The maximum atomic E-state index is 13.2. The maximum Gasteiger partial charge on any atom is 0.254 e. The summed E-state index contributed by atoms with van der Waals surface area (Å²) in [6, 6.07) is 23.4. The van der Waals surface area contributed by atoms with Crippen LogP contribution in [0.5, 0.6) is 11.5 Å². The minimum Gasteiger partial charge on any atom is -0.493 e. The molecule has 4 nitrogen and oxygen atoms in total. The van der Waals surface area contributed by atoms with Gasteiger partial charge in [0, 0.05) is 23.1 Å². The topological polar surface area (TPSA) is 38.8 Å². The molecule has 0 saturated carbocycles. The van der Waals surface area contributed by atoms with E-state index in [1.165, 1.54) is 0 Å². The molecule has 1 amide bonds. The van der Waals surface area contributed by atoms with E-state index >= 15 is 0 Å². The van der Waals surface area contributed by atoms with Gasteiger partial charge in [-0.1, -0.05) is 72.2 Å². The molecule has 31 heavy (non-hydrogen) atoms. The van der Waals surface area contributed by atoms with E-state index in [-0.39, 0.29) is 5.91 Å². The van der Waals surface area contributed by atoms with Crippen LogP contribution in [-0.4, -0.2) is 24.5 Å². The first-order valence-electron chi connectivity index (χ1n) is 10.3. The van der Waals surface area contributed by atoms with Crippen LogP contribution in [0.1, 0.15) is 35.3 Å². The van der Waals surface area contributed by atoms with E-state index < -0.39 is 0 Å². The van der Waals surface area contributed by atoms with E-state index in [1.807, 2.05) is 77.7 Å². The number of hydrogen-bond donors (Lipinski definition) is 0. The predicted molar refractivity (Wildman–Crippen MR) is 127 cm³/mol. The quantitative estimate of drug-likeness (QED) is 0.358. The first-order valence-corrected chi connectivity index (χ1v) is 11.1. The number of halogens is 1. The second kappa shape index (κ2) is 11.0. The van der Waals surface area contributed by atoms with Crippen LogP contribution < -0.4 is 9.47 Å². The largest absolute Gasteiger partial charge is 0.493 e. The van der Waals surface area contributed by atoms with E-state index in [4.69, 9.17) is 9.47 Å². The lowest BCUT2D eigenvalue weighted by molar-refractivity contribution is 0.0722. The summed E-state index contributed by atoms with van der Waals surface area (Å²) >= 11 is 3.45.